The van der Waals surface area contributed by atoms with Crippen molar-refractivity contribution in [1.82, 2.24) is 9.80 Å². The second-order valence-corrected chi connectivity index (χ2v) is 12.3. The van der Waals surface area contributed by atoms with Crippen molar-refractivity contribution in [2.45, 2.75) is 3.66 Å². The van der Waals surface area contributed by atoms with Gasteiger partial charge < -0.3 is 14.5 Å². The molecule has 0 heterocycles. The number of nitrogens with one attached hydrogen (secondary N) is 1. The highest BCUT2D eigenvalue weighted by Gasteiger charge is 2.56. The molecule has 158 valence electrons. The number of alkyl halides is 1. The number of benzene rings is 1. The minimum absolute atomic E-state index is 0.0209. The lowest BCUT2D eigenvalue weighted by Crippen LogP contribution is -2.42. The van der Waals surface area contributed by atoms with E-state index >= 15 is 4.39 Å². The van der Waals surface area contributed by atoms with E-state index in [1.165, 1.54) is 24.6 Å². The van der Waals surface area contributed by atoms with Gasteiger partial charge >= 0.3 is 3.66 Å². The molecule has 0 saturated heterocycles. The molecule has 1 N–H and O–H groups in total. The summed E-state index contributed by atoms with van der Waals surface area (Å²) >= 11 is 0.0209. The predicted molar refractivity (Wildman–Crippen MR) is 115 cm³/mol. The minimum Gasteiger partial charge on any atom is -0.384 e. The Morgan fingerprint density at radius 2 is 1.36 bits per heavy atom. The summed E-state index contributed by atoms with van der Waals surface area (Å²) in [6, 6.07) is 8.19. The Balaban J connectivity index is 3.24. The van der Waals surface area contributed by atoms with Crippen LogP contribution in [-0.2, 0) is 19.7 Å². The molecule has 0 spiro atoms. The third-order valence-corrected chi connectivity index (χ3v) is 10.1. The Bertz CT molecular complexity index is 833. The van der Waals surface area contributed by atoms with E-state index in [1.807, 2.05) is 0 Å². The van der Waals surface area contributed by atoms with Gasteiger partial charge in [0.2, 0.25) is 19.7 Å². The van der Waals surface area contributed by atoms with Crippen molar-refractivity contribution in [1.29, 1.82) is 0 Å². The first-order valence-corrected chi connectivity index (χ1v) is 12.3. The topological polar surface area (TPSA) is 86.8 Å². The normalized spacial score (nSPS) is 14.9. The summed E-state index contributed by atoms with van der Waals surface area (Å²) in [5.41, 5.74) is 0.382. The zero-order valence-electron chi connectivity index (χ0n) is 16.2. The third-order valence-electron chi connectivity index (χ3n) is 3.25. The van der Waals surface area contributed by atoms with Crippen LogP contribution in [-0.4, -0.2) is 70.0 Å². The lowest BCUT2D eigenvalue weighted by Gasteiger charge is -2.24. The Morgan fingerprint density at radius 1 is 0.929 bits per heavy atom. The van der Waals surface area contributed by atoms with E-state index in [2.05, 4.69) is 4.72 Å². The number of sulfone groups is 2. The third kappa shape index (κ3) is 6.71. The highest BCUT2D eigenvalue weighted by atomic mass is 32.3. The smallest absolute Gasteiger partial charge is 0.372 e. The van der Waals surface area contributed by atoms with Gasteiger partial charge in [0.05, 0.1) is 11.5 Å². The van der Waals surface area contributed by atoms with Crippen molar-refractivity contribution in [2.24, 2.45) is 0 Å². The van der Waals surface area contributed by atoms with Gasteiger partial charge in [-0.1, -0.05) is 30.4 Å². The van der Waals surface area contributed by atoms with Gasteiger partial charge in [0.15, 0.2) is 0 Å². The summed E-state index contributed by atoms with van der Waals surface area (Å²) in [6.45, 7) is 0. The second kappa shape index (κ2) is 10.2. The van der Waals surface area contributed by atoms with Crippen molar-refractivity contribution < 1.29 is 21.2 Å². The molecule has 1 aromatic rings. The molecule has 0 aliphatic rings. The minimum atomic E-state index is -4.71. The zero-order valence-corrected chi connectivity index (χ0v) is 18.7. The van der Waals surface area contributed by atoms with Crippen LogP contribution in [0.4, 0.5) is 10.1 Å². The van der Waals surface area contributed by atoms with Crippen LogP contribution in [0.5, 0.6) is 0 Å². The van der Waals surface area contributed by atoms with Gasteiger partial charge in [-0.15, -0.1) is 0 Å². The highest BCUT2D eigenvalue weighted by molar-refractivity contribution is 8.28. The monoisotopic (exact) mass is 451 g/mol. The number of rotatable bonds is 11. The van der Waals surface area contributed by atoms with E-state index < -0.39 is 34.8 Å². The molecule has 0 unspecified atom stereocenters. The molecule has 0 bridgehead atoms. The molecule has 0 aliphatic heterocycles. The molecular formula is C17H26FN3O4S3. The number of hydrogen-bond donors (Lipinski definition) is 1. The van der Waals surface area contributed by atoms with Crippen LogP contribution in [0.15, 0.2) is 54.9 Å². The van der Waals surface area contributed by atoms with Gasteiger partial charge in [-0.2, -0.15) is 4.39 Å². The van der Waals surface area contributed by atoms with Crippen LogP contribution >= 0.6 is 11.9 Å². The van der Waals surface area contributed by atoms with Gasteiger partial charge in [0, 0.05) is 45.8 Å². The predicted octanol–water partition coefficient (Wildman–Crippen LogP) is 2.31. The summed E-state index contributed by atoms with van der Waals surface area (Å²) in [7, 11) is -2.75. The van der Waals surface area contributed by atoms with Gasteiger partial charge in [0.25, 0.3) is 0 Å². The lowest BCUT2D eigenvalue weighted by atomic mass is 10.3. The Kier molecular flexibility index (Phi) is 8.83. The van der Waals surface area contributed by atoms with E-state index in [4.69, 9.17) is 0 Å². The molecular weight excluding hydrogens is 425 g/mol. The zero-order chi connectivity index (χ0) is 21.4. The summed E-state index contributed by atoms with van der Waals surface area (Å²) < 4.78 is 65.4. The Labute approximate surface area is 171 Å². The second-order valence-electron chi connectivity index (χ2n) is 6.31. The molecule has 0 amide bonds. The van der Waals surface area contributed by atoms with Crippen LogP contribution in [0.3, 0.4) is 0 Å². The number of para-hydroxylation sites is 1. The molecule has 1 rings (SSSR count). The average Bonchev–Trinajstić information content (AvgIpc) is 2.59. The quantitative estimate of drug-likeness (QED) is 0.513. The van der Waals surface area contributed by atoms with Gasteiger partial charge in [0.1, 0.15) is 0 Å². The largest absolute Gasteiger partial charge is 0.384 e. The maximum Gasteiger partial charge on any atom is 0.372 e. The van der Waals surface area contributed by atoms with Crippen LogP contribution in [0.1, 0.15) is 0 Å². The first-order chi connectivity index (χ1) is 12.9. The molecule has 0 saturated carbocycles. The molecule has 11 heteroatoms. The molecule has 0 atom stereocenters. The average molecular weight is 452 g/mol. The Morgan fingerprint density at radius 3 is 1.75 bits per heavy atom. The van der Waals surface area contributed by atoms with Crippen LogP contribution in [0.2, 0.25) is 0 Å². The van der Waals surface area contributed by atoms with Gasteiger partial charge in [-0.25, -0.2) is 16.8 Å². The first kappa shape index (κ1) is 24.3. The molecule has 0 aliphatic carbocycles. The van der Waals surface area contributed by atoms with Crippen LogP contribution < -0.4 is 4.72 Å². The molecule has 0 radical (unpaired) electrons. The number of nitrogens with zero attached hydrogens (tertiary/aromatic N) is 2. The number of anilines is 1. The Hall–Kier alpha value is -1.72. The molecule has 28 heavy (non-hydrogen) atoms. The maximum atomic E-state index is 15.7. The van der Waals surface area contributed by atoms with E-state index in [0.29, 0.717) is 5.69 Å². The highest BCUT2D eigenvalue weighted by Crippen LogP contribution is 2.40. The SMILES string of the molecule is CN(C)C=CCS(=O)(=O)C(F)(SNc1ccccc1)S(=O)(=O)CC=CN(C)C. The van der Waals surface area contributed by atoms with Crippen molar-refractivity contribution in [3.05, 3.63) is 54.9 Å². The number of hydrogen-bond acceptors (Lipinski definition) is 8. The summed E-state index contributed by atoms with van der Waals surface area (Å²) in [6.07, 6.45) is 5.26. The van der Waals surface area contributed by atoms with E-state index in [1.54, 1.807) is 68.3 Å². The van der Waals surface area contributed by atoms with E-state index in [9.17, 15) is 16.8 Å². The maximum absolute atomic E-state index is 15.7. The molecule has 0 fully saturated rings. The molecule has 1 aromatic carbocycles. The van der Waals surface area contributed by atoms with Gasteiger partial charge in [-0.3, -0.25) is 0 Å². The molecule has 7 nitrogen and oxygen atoms in total. The molecule has 0 aromatic heterocycles. The van der Waals surface area contributed by atoms with E-state index in [0.717, 1.165) is 0 Å². The van der Waals surface area contributed by atoms with Crippen LogP contribution in [0, 0.1) is 0 Å². The number of halogens is 1. The van der Waals surface area contributed by atoms with Gasteiger partial charge in [-0.05, 0) is 24.5 Å². The van der Waals surface area contributed by atoms with Crippen LogP contribution in [0.25, 0.3) is 0 Å². The summed E-state index contributed by atoms with van der Waals surface area (Å²) in [4.78, 5) is 3.14. The summed E-state index contributed by atoms with van der Waals surface area (Å²) in [5, 5.41) is 0. The standard InChI is InChI=1S/C17H26FN3O4S3/c1-20(2)12-8-14-27(22,23)17(18,26-19-16-10-6-5-7-11-16)28(24,25)15-9-13-21(3)4/h5-13,19H,14-15H2,1-4H3. The first-order valence-electron chi connectivity index (χ1n) is 8.20. The fourth-order valence-corrected chi connectivity index (χ4v) is 6.99. The fraction of sp³-hybridized carbons (Fsp3) is 0.412. The van der Waals surface area contributed by atoms with Crippen molar-refractivity contribution in [2.75, 3.05) is 44.4 Å². The van der Waals surface area contributed by atoms with Crippen molar-refractivity contribution in [3.8, 4) is 0 Å². The van der Waals surface area contributed by atoms with Crippen molar-refractivity contribution in [3.63, 3.8) is 0 Å². The fourth-order valence-electron chi connectivity index (χ4n) is 1.91. The lowest BCUT2D eigenvalue weighted by molar-refractivity contribution is 0.453. The van der Waals surface area contributed by atoms with E-state index in [-0.39, 0.29) is 11.9 Å². The summed E-state index contributed by atoms with van der Waals surface area (Å²) in [5.74, 6) is -1.52. The van der Waals surface area contributed by atoms with Crippen molar-refractivity contribution >= 4 is 37.3 Å².